The van der Waals surface area contributed by atoms with E-state index < -0.39 is 21.5 Å². The number of benzene rings is 4. The molecule has 0 fully saturated rings. The molecule has 0 spiro atoms. The van der Waals surface area contributed by atoms with Crippen molar-refractivity contribution in [3.05, 3.63) is 118 Å². The predicted molar refractivity (Wildman–Crippen MR) is 234 cm³/mol. The van der Waals surface area contributed by atoms with Crippen LogP contribution in [0.5, 0.6) is 0 Å². The number of hydrogen-bond donors (Lipinski definition) is 0. The van der Waals surface area contributed by atoms with E-state index in [0.717, 1.165) is 47.5 Å². The van der Waals surface area contributed by atoms with Gasteiger partial charge < -0.3 is 0 Å². The second kappa shape index (κ2) is 14.9. The predicted octanol–water partition coefficient (Wildman–Crippen LogP) is 13.4. The van der Waals surface area contributed by atoms with Crippen LogP contribution in [0.2, 0.25) is 13.1 Å². The van der Waals surface area contributed by atoms with Crippen molar-refractivity contribution in [3.63, 3.8) is 0 Å². The quantitative estimate of drug-likeness (QED) is 0.0930. The average Bonchev–Trinajstić information content (AvgIpc) is 3.69. The van der Waals surface area contributed by atoms with Gasteiger partial charge in [-0.25, -0.2) is 0 Å². The fraction of sp³-hybridized carbons (Fsp3) is 0.391. The summed E-state index contributed by atoms with van der Waals surface area (Å²) in [6.45, 7) is 9.57. The van der Waals surface area contributed by atoms with Crippen LogP contribution < -0.4 is 8.97 Å². The third kappa shape index (κ3) is 7.11. The summed E-state index contributed by atoms with van der Waals surface area (Å²) in [4.78, 5) is 0. The first-order valence-electron chi connectivity index (χ1n) is 19.6. The summed E-state index contributed by atoms with van der Waals surface area (Å²) in [5.74, 6) is -1.66. The van der Waals surface area contributed by atoms with Crippen molar-refractivity contribution in [3.8, 4) is 22.3 Å². The first-order chi connectivity index (χ1) is 24.5. The van der Waals surface area contributed by atoms with E-state index in [4.69, 9.17) is 17.0 Å². The van der Waals surface area contributed by atoms with Crippen molar-refractivity contribution in [2.45, 2.75) is 72.7 Å². The molecule has 6 heteroatoms. The fourth-order valence-corrected chi connectivity index (χ4v) is 40.4. The molecule has 6 rings (SSSR count). The van der Waals surface area contributed by atoms with Gasteiger partial charge in [0.05, 0.1) is 0 Å². The number of rotatable bonds is 13. The van der Waals surface area contributed by atoms with Gasteiger partial charge in [0.15, 0.2) is 0 Å². The van der Waals surface area contributed by atoms with Gasteiger partial charge in [0.25, 0.3) is 0 Å². The van der Waals surface area contributed by atoms with Crippen molar-refractivity contribution >= 4 is 46.5 Å². The van der Waals surface area contributed by atoms with Gasteiger partial charge in [0.1, 0.15) is 0 Å². The molecule has 2 atom stereocenters. The molecular weight excluding hydrogens is 771 g/mol. The van der Waals surface area contributed by atoms with E-state index in [-0.39, 0.29) is 7.25 Å². The fourth-order valence-electron chi connectivity index (χ4n) is 8.94. The molecule has 2 nitrogen and oxygen atoms in total. The SMILES string of the molecule is CCCCC1=Cc2c(-c3ccc([N+](C)(C)C)cc3)cccc2[CH]1[Zr]([Cl])([Cl])([CH]1C(CCCC)=Cc2c(-c3ccc([N+](C)(C)C)cc3)cccc21)[SiH](C)C. The molecule has 0 radical (unpaired) electrons. The standard InChI is InChI=1S/2C22H27N.C2H7Si.2ClH.Zr/c2*1-5-6-8-17-15-19-9-7-10-21(22(19)16-17)18-11-13-20(14-12-18)23(2,3)4;1-3-2;;;/h2*7,9-16H,5-6,8H2,1-4H3;3H,1-2H3;2*1H;/q2*+1;;;;+2/p-2. The molecule has 275 valence electrons. The molecule has 0 aliphatic heterocycles. The maximum absolute atomic E-state index is 8.83. The van der Waals surface area contributed by atoms with Crippen molar-refractivity contribution < 1.29 is 15.6 Å². The first-order valence-corrected chi connectivity index (χ1v) is 35.9. The third-order valence-electron chi connectivity index (χ3n) is 12.1. The van der Waals surface area contributed by atoms with Crippen LogP contribution in [0.15, 0.2) is 96.1 Å². The molecule has 4 aromatic rings. The molecule has 0 N–H and O–H groups in total. The molecule has 0 heterocycles. The van der Waals surface area contributed by atoms with E-state index >= 15 is 0 Å². The summed E-state index contributed by atoms with van der Waals surface area (Å²) in [7, 11) is 31.0. The van der Waals surface area contributed by atoms with Gasteiger partial charge in [-0.1, -0.05) is 0 Å². The number of quaternary nitrogens is 2. The van der Waals surface area contributed by atoms with E-state index in [0.29, 0.717) is 0 Å². The van der Waals surface area contributed by atoms with Crippen LogP contribution in [0.4, 0.5) is 11.4 Å². The van der Waals surface area contributed by atoms with Crippen molar-refractivity contribution in [1.82, 2.24) is 8.97 Å². The molecular formula is C46H61Cl2N2SiZr+2. The molecule has 2 aliphatic carbocycles. The van der Waals surface area contributed by atoms with Crippen molar-refractivity contribution in [2.24, 2.45) is 0 Å². The van der Waals surface area contributed by atoms with Crippen LogP contribution in [0.1, 0.15) is 81.9 Å². The van der Waals surface area contributed by atoms with Crippen LogP contribution in [-0.4, -0.2) is 48.2 Å². The molecule has 0 saturated carbocycles. The average molecular weight is 832 g/mol. The molecule has 0 bridgehead atoms. The topological polar surface area (TPSA) is 0 Å². The van der Waals surface area contributed by atoms with Crippen LogP contribution in [-0.2, 0) is 15.6 Å². The zero-order chi connectivity index (χ0) is 37.7. The van der Waals surface area contributed by atoms with Gasteiger partial charge in [-0.05, 0) is 0 Å². The van der Waals surface area contributed by atoms with Gasteiger partial charge in [0.2, 0.25) is 0 Å². The van der Waals surface area contributed by atoms with Crippen LogP contribution in [0.3, 0.4) is 0 Å². The maximum atomic E-state index is 8.83. The number of unbranched alkanes of at least 4 members (excludes halogenated alkanes) is 2. The van der Waals surface area contributed by atoms with Gasteiger partial charge >= 0.3 is 327 Å². The van der Waals surface area contributed by atoms with Gasteiger partial charge in [0, 0.05) is 0 Å². The summed E-state index contributed by atoms with van der Waals surface area (Å²) in [5.41, 5.74) is 16.1. The molecule has 0 amide bonds. The van der Waals surface area contributed by atoms with Gasteiger partial charge in [-0.2, -0.15) is 0 Å². The van der Waals surface area contributed by atoms with Crippen LogP contribution in [0.25, 0.3) is 34.4 Å². The number of allylic oxidation sites excluding steroid dienone is 2. The zero-order valence-corrected chi connectivity index (χ0v) is 38.5. The van der Waals surface area contributed by atoms with Crippen LogP contribution in [0, 0.1) is 0 Å². The first kappa shape index (κ1) is 39.6. The Kier molecular flexibility index (Phi) is 11.4. The normalized spacial score (nSPS) is 18.1. The van der Waals surface area contributed by atoms with E-state index in [1.807, 2.05) is 0 Å². The van der Waals surface area contributed by atoms with Crippen molar-refractivity contribution in [1.29, 1.82) is 0 Å². The van der Waals surface area contributed by atoms with Gasteiger partial charge in [-0.15, -0.1) is 0 Å². The Morgan fingerprint density at radius 3 is 1.23 bits per heavy atom. The monoisotopic (exact) mass is 829 g/mol. The van der Waals surface area contributed by atoms with Crippen LogP contribution >= 0.6 is 17.0 Å². The molecule has 4 aromatic carbocycles. The number of nitrogens with zero attached hydrogens (tertiary/aromatic N) is 2. The van der Waals surface area contributed by atoms with E-state index in [1.165, 1.54) is 67.0 Å². The summed E-state index contributed by atoms with van der Waals surface area (Å²) in [5, 5.41) is 0. The molecule has 2 aliphatic rings. The Balaban J connectivity index is 1.55. The Hall–Kier alpha value is -2.04. The Morgan fingerprint density at radius 2 is 0.923 bits per heavy atom. The summed E-state index contributed by atoms with van der Waals surface area (Å²) in [6.07, 6.45) is 11.8. The number of hydrogen-bond acceptors (Lipinski definition) is 0. The summed E-state index contributed by atoms with van der Waals surface area (Å²) >= 11 is -4.89. The minimum absolute atomic E-state index is 0.108. The summed E-state index contributed by atoms with van der Waals surface area (Å²) in [6, 6.07) is 32.3. The molecule has 52 heavy (non-hydrogen) atoms. The zero-order valence-electron chi connectivity index (χ0n) is 33.4. The number of fused-ring (bicyclic) bond motifs is 2. The van der Waals surface area contributed by atoms with E-state index in [2.05, 4.69) is 166 Å². The minimum atomic E-state index is -4.89. The van der Waals surface area contributed by atoms with E-state index in [9.17, 15) is 0 Å². The molecule has 2 unspecified atom stereocenters. The number of halogens is 2. The Labute approximate surface area is 324 Å². The van der Waals surface area contributed by atoms with Gasteiger partial charge in [-0.3, -0.25) is 0 Å². The second-order valence-electron chi connectivity index (χ2n) is 17.6. The molecule has 0 aromatic heterocycles. The van der Waals surface area contributed by atoms with Crippen molar-refractivity contribution in [2.75, 3.05) is 42.3 Å². The Morgan fingerprint density at radius 1 is 0.558 bits per heavy atom. The molecule has 0 saturated heterocycles. The second-order valence-corrected chi connectivity index (χ2v) is 60.1. The Bertz CT molecular complexity index is 1860. The van der Waals surface area contributed by atoms with E-state index in [1.54, 1.807) is 0 Å². The summed E-state index contributed by atoms with van der Waals surface area (Å²) < 4.78 is 1.81. The third-order valence-corrected chi connectivity index (χ3v) is 63.9.